The Morgan fingerprint density at radius 3 is 2.52 bits per heavy atom. The van der Waals surface area contributed by atoms with Crippen LogP contribution in [-0.2, 0) is 14.8 Å². The molecule has 0 bridgehead atoms. The number of carbonyl (C=O) groups is 1. The molecule has 2 aromatic rings. The van der Waals surface area contributed by atoms with Gasteiger partial charge in [-0.3, -0.25) is 4.79 Å². The van der Waals surface area contributed by atoms with Gasteiger partial charge in [0.15, 0.2) is 0 Å². The number of nitrogens with one attached hydrogen (secondary N) is 2. The van der Waals surface area contributed by atoms with Gasteiger partial charge in [-0.15, -0.1) is 0 Å². The molecule has 0 aromatic heterocycles. The van der Waals surface area contributed by atoms with E-state index in [4.69, 9.17) is 0 Å². The molecule has 0 saturated heterocycles. The molecule has 2 N–H and O–H groups in total. The monoisotopic (exact) mass is 391 g/mol. The summed E-state index contributed by atoms with van der Waals surface area (Å²) in [5, 5.41) is 5.52. The van der Waals surface area contributed by atoms with Gasteiger partial charge in [0.1, 0.15) is 5.82 Å². The van der Waals surface area contributed by atoms with Crippen molar-refractivity contribution in [3.05, 3.63) is 53.8 Å². The van der Waals surface area contributed by atoms with Crippen LogP contribution in [0.1, 0.15) is 24.3 Å². The summed E-state index contributed by atoms with van der Waals surface area (Å²) >= 11 is 0. The minimum Gasteiger partial charge on any atom is -0.376 e. The highest BCUT2D eigenvalue weighted by molar-refractivity contribution is 7.89. The Kier molecular flexibility index (Phi) is 5.48. The summed E-state index contributed by atoms with van der Waals surface area (Å²) in [6.45, 7) is -0.0626. The molecule has 0 spiro atoms. The number of halogens is 1. The first-order valence-electron chi connectivity index (χ1n) is 8.63. The molecule has 0 aliphatic heterocycles. The van der Waals surface area contributed by atoms with E-state index < -0.39 is 10.0 Å². The third-order valence-electron chi connectivity index (χ3n) is 4.37. The Balaban J connectivity index is 1.60. The van der Waals surface area contributed by atoms with Crippen molar-refractivity contribution in [3.8, 4) is 0 Å². The first-order valence-corrected chi connectivity index (χ1v) is 10.1. The van der Waals surface area contributed by atoms with Crippen LogP contribution in [0, 0.1) is 5.82 Å². The zero-order chi connectivity index (χ0) is 19.6. The summed E-state index contributed by atoms with van der Waals surface area (Å²) in [5.74, 6) is -0.293. The molecule has 0 radical (unpaired) electrons. The molecule has 0 atom stereocenters. The Morgan fingerprint density at radius 2 is 1.89 bits per heavy atom. The largest absolute Gasteiger partial charge is 0.376 e. The van der Waals surface area contributed by atoms with Gasteiger partial charge in [-0.2, -0.15) is 0 Å². The number of sulfonamides is 1. The summed E-state index contributed by atoms with van der Waals surface area (Å²) in [4.78, 5) is 12.2. The lowest BCUT2D eigenvalue weighted by molar-refractivity contribution is -0.114. The van der Waals surface area contributed by atoms with Crippen LogP contribution in [0.2, 0.25) is 0 Å². The van der Waals surface area contributed by atoms with Gasteiger partial charge in [0, 0.05) is 25.5 Å². The molecule has 1 amide bonds. The number of benzene rings is 2. The second-order valence-corrected chi connectivity index (χ2v) is 8.88. The van der Waals surface area contributed by atoms with Crippen LogP contribution < -0.4 is 10.6 Å². The Hall–Kier alpha value is -2.45. The molecule has 144 valence electrons. The van der Waals surface area contributed by atoms with Gasteiger partial charge in [0.25, 0.3) is 0 Å². The standard InChI is InChI=1S/C19H22FN3O3S/c1-23(2)27(25,26)16-5-3-4-15(10-16)22-19(24)12-21-14-8-9-17(13-6-7-13)18(20)11-14/h3-5,8-11,13,21H,6-7,12H2,1-2H3,(H,22,24). The second-order valence-electron chi connectivity index (χ2n) is 6.73. The normalized spacial score (nSPS) is 14.2. The first kappa shape index (κ1) is 19.3. The number of hydrogen-bond acceptors (Lipinski definition) is 4. The van der Waals surface area contributed by atoms with Crippen LogP contribution in [0.15, 0.2) is 47.4 Å². The highest BCUT2D eigenvalue weighted by Crippen LogP contribution is 2.41. The lowest BCUT2D eigenvalue weighted by atomic mass is 10.1. The van der Waals surface area contributed by atoms with Gasteiger partial charge in [-0.05, 0) is 54.7 Å². The summed E-state index contributed by atoms with van der Waals surface area (Å²) in [7, 11) is -0.691. The van der Waals surface area contributed by atoms with Gasteiger partial charge < -0.3 is 10.6 Å². The highest BCUT2D eigenvalue weighted by Gasteiger charge is 2.26. The maximum Gasteiger partial charge on any atom is 0.243 e. The molecule has 2 aromatic carbocycles. The van der Waals surface area contributed by atoms with Crippen LogP contribution in [0.5, 0.6) is 0 Å². The van der Waals surface area contributed by atoms with Crippen molar-refractivity contribution in [2.45, 2.75) is 23.7 Å². The smallest absolute Gasteiger partial charge is 0.243 e. The van der Waals surface area contributed by atoms with E-state index in [-0.39, 0.29) is 23.2 Å². The van der Waals surface area contributed by atoms with Crippen molar-refractivity contribution in [3.63, 3.8) is 0 Å². The molecule has 0 heterocycles. The molecule has 1 saturated carbocycles. The van der Waals surface area contributed by atoms with Crippen LogP contribution in [0.25, 0.3) is 0 Å². The fraction of sp³-hybridized carbons (Fsp3) is 0.316. The number of rotatable bonds is 7. The highest BCUT2D eigenvalue weighted by atomic mass is 32.2. The van der Waals surface area contributed by atoms with Gasteiger partial charge in [-0.25, -0.2) is 17.1 Å². The summed E-state index contributed by atoms with van der Waals surface area (Å²) < 4.78 is 39.5. The van der Waals surface area contributed by atoms with E-state index >= 15 is 0 Å². The van der Waals surface area contributed by atoms with E-state index in [2.05, 4.69) is 10.6 Å². The van der Waals surface area contributed by atoms with Crippen LogP contribution in [0.4, 0.5) is 15.8 Å². The van der Waals surface area contributed by atoms with Gasteiger partial charge in [-0.1, -0.05) is 12.1 Å². The van der Waals surface area contributed by atoms with Crippen molar-refractivity contribution in [1.29, 1.82) is 0 Å². The molecule has 8 heteroatoms. The van der Waals surface area contributed by atoms with Gasteiger partial charge >= 0.3 is 0 Å². The van der Waals surface area contributed by atoms with Crippen molar-refractivity contribution >= 4 is 27.3 Å². The lowest BCUT2D eigenvalue weighted by Crippen LogP contribution is -2.23. The Morgan fingerprint density at radius 1 is 1.15 bits per heavy atom. The third kappa shape index (κ3) is 4.64. The molecule has 1 aliphatic rings. The molecule has 27 heavy (non-hydrogen) atoms. The van der Waals surface area contributed by atoms with Gasteiger partial charge in [0.2, 0.25) is 15.9 Å². The van der Waals surface area contributed by atoms with E-state index in [0.717, 1.165) is 22.7 Å². The minimum atomic E-state index is -3.58. The third-order valence-corrected chi connectivity index (χ3v) is 6.18. The molecule has 0 unspecified atom stereocenters. The fourth-order valence-corrected chi connectivity index (χ4v) is 3.64. The summed E-state index contributed by atoms with van der Waals surface area (Å²) in [6.07, 6.45) is 2.05. The number of anilines is 2. The quantitative estimate of drug-likeness (QED) is 0.761. The molecular formula is C19H22FN3O3S. The molecule has 3 rings (SSSR count). The average Bonchev–Trinajstić information content (AvgIpc) is 3.45. The van der Waals surface area contributed by atoms with Crippen LogP contribution >= 0.6 is 0 Å². The number of carbonyl (C=O) groups excluding carboxylic acids is 1. The van der Waals surface area contributed by atoms with Crippen LogP contribution in [0.3, 0.4) is 0 Å². The Bertz CT molecular complexity index is 956. The minimum absolute atomic E-state index is 0.0626. The summed E-state index contributed by atoms with van der Waals surface area (Å²) in [5.41, 5.74) is 1.62. The van der Waals surface area contributed by atoms with E-state index in [9.17, 15) is 17.6 Å². The van der Waals surface area contributed by atoms with Crippen molar-refractivity contribution in [1.82, 2.24) is 4.31 Å². The first-order chi connectivity index (χ1) is 12.8. The van der Waals surface area contributed by atoms with E-state index in [0.29, 0.717) is 17.3 Å². The molecule has 6 nitrogen and oxygen atoms in total. The Labute approximate surface area is 158 Å². The van der Waals surface area contributed by atoms with Crippen molar-refractivity contribution < 1.29 is 17.6 Å². The van der Waals surface area contributed by atoms with Gasteiger partial charge in [0.05, 0.1) is 11.4 Å². The number of hydrogen-bond donors (Lipinski definition) is 2. The maximum absolute atomic E-state index is 14.0. The predicted octanol–water partition coefficient (Wildman–Crippen LogP) is 3.00. The van der Waals surface area contributed by atoms with E-state index in [1.54, 1.807) is 24.3 Å². The molecule has 1 fully saturated rings. The number of amides is 1. The van der Waals surface area contributed by atoms with Crippen LogP contribution in [-0.4, -0.2) is 39.3 Å². The number of nitrogens with zero attached hydrogens (tertiary/aromatic N) is 1. The van der Waals surface area contributed by atoms with E-state index in [1.807, 2.05) is 0 Å². The SMILES string of the molecule is CN(C)S(=O)(=O)c1cccc(NC(=O)CNc2ccc(C3CC3)c(F)c2)c1. The average molecular weight is 391 g/mol. The molecular weight excluding hydrogens is 369 g/mol. The predicted molar refractivity (Wildman–Crippen MR) is 103 cm³/mol. The fourth-order valence-electron chi connectivity index (χ4n) is 2.70. The topological polar surface area (TPSA) is 78.5 Å². The zero-order valence-electron chi connectivity index (χ0n) is 15.2. The van der Waals surface area contributed by atoms with E-state index in [1.165, 1.54) is 32.3 Å². The maximum atomic E-state index is 14.0. The zero-order valence-corrected chi connectivity index (χ0v) is 16.0. The second kappa shape index (κ2) is 7.66. The summed E-state index contributed by atoms with van der Waals surface area (Å²) in [6, 6.07) is 10.9. The lowest BCUT2D eigenvalue weighted by Gasteiger charge is -2.13. The van der Waals surface area contributed by atoms with Crippen molar-refractivity contribution in [2.24, 2.45) is 0 Å². The molecule has 1 aliphatic carbocycles. The van der Waals surface area contributed by atoms with Crippen molar-refractivity contribution in [2.75, 3.05) is 31.3 Å².